The standard InChI is InChI=1S/C16H22BrFN2O/c1-12(11-20-8-3-2-4-9-20)10-19-16(21)13-6-5-7-14(17)15(13)18/h5-7,12H,2-4,8-11H2,1H3,(H,19,21). The van der Waals surface area contributed by atoms with Gasteiger partial charge in [-0.05, 0) is 59.9 Å². The third kappa shape index (κ3) is 4.78. The highest BCUT2D eigenvalue weighted by molar-refractivity contribution is 9.10. The highest BCUT2D eigenvalue weighted by Gasteiger charge is 2.16. The molecule has 0 bridgehead atoms. The second-order valence-electron chi connectivity index (χ2n) is 5.78. The van der Waals surface area contributed by atoms with E-state index in [1.165, 1.54) is 25.3 Å². The second kappa shape index (κ2) is 7.90. The van der Waals surface area contributed by atoms with Crippen LogP contribution in [0, 0.1) is 11.7 Å². The number of nitrogens with one attached hydrogen (secondary N) is 1. The number of nitrogens with zero attached hydrogens (tertiary/aromatic N) is 1. The number of benzene rings is 1. The molecule has 116 valence electrons. The molecule has 0 spiro atoms. The summed E-state index contributed by atoms with van der Waals surface area (Å²) >= 11 is 3.10. The Hall–Kier alpha value is -0.940. The molecule has 1 N–H and O–H groups in total. The number of rotatable bonds is 5. The summed E-state index contributed by atoms with van der Waals surface area (Å²) in [6.45, 7) is 5.98. The first-order chi connectivity index (χ1) is 10.1. The molecule has 1 amide bonds. The van der Waals surface area contributed by atoms with Crippen LogP contribution in [-0.2, 0) is 0 Å². The average molecular weight is 357 g/mol. The van der Waals surface area contributed by atoms with E-state index in [1.54, 1.807) is 12.1 Å². The van der Waals surface area contributed by atoms with Crippen LogP contribution < -0.4 is 5.32 Å². The van der Waals surface area contributed by atoms with Crippen molar-refractivity contribution in [1.82, 2.24) is 10.2 Å². The zero-order valence-electron chi connectivity index (χ0n) is 12.4. The van der Waals surface area contributed by atoms with Crippen molar-refractivity contribution in [3.8, 4) is 0 Å². The van der Waals surface area contributed by atoms with Crippen LogP contribution in [0.15, 0.2) is 22.7 Å². The molecular weight excluding hydrogens is 335 g/mol. The van der Waals surface area contributed by atoms with Crippen LogP contribution in [0.1, 0.15) is 36.5 Å². The minimum atomic E-state index is -0.501. The predicted molar refractivity (Wildman–Crippen MR) is 85.9 cm³/mol. The fourth-order valence-corrected chi connectivity index (χ4v) is 3.05. The summed E-state index contributed by atoms with van der Waals surface area (Å²) in [5, 5.41) is 2.83. The van der Waals surface area contributed by atoms with Crippen molar-refractivity contribution in [3.05, 3.63) is 34.1 Å². The first kappa shape index (κ1) is 16.4. The van der Waals surface area contributed by atoms with Gasteiger partial charge in [0.25, 0.3) is 5.91 Å². The van der Waals surface area contributed by atoms with E-state index in [-0.39, 0.29) is 11.5 Å². The lowest BCUT2D eigenvalue weighted by molar-refractivity contribution is 0.0938. The molecule has 0 saturated carbocycles. The molecule has 21 heavy (non-hydrogen) atoms. The van der Waals surface area contributed by atoms with Crippen LogP contribution in [0.4, 0.5) is 4.39 Å². The lowest BCUT2D eigenvalue weighted by Gasteiger charge is -2.29. The summed E-state index contributed by atoms with van der Waals surface area (Å²) in [5.41, 5.74) is 0.0922. The van der Waals surface area contributed by atoms with Gasteiger partial charge in [0.15, 0.2) is 0 Å². The second-order valence-corrected chi connectivity index (χ2v) is 6.63. The van der Waals surface area contributed by atoms with Gasteiger partial charge in [0.05, 0.1) is 10.0 Å². The van der Waals surface area contributed by atoms with Crippen LogP contribution >= 0.6 is 15.9 Å². The minimum absolute atomic E-state index is 0.0922. The summed E-state index contributed by atoms with van der Waals surface area (Å²) in [5.74, 6) is -0.486. The van der Waals surface area contributed by atoms with Crippen molar-refractivity contribution in [2.24, 2.45) is 5.92 Å². The number of amides is 1. The zero-order valence-corrected chi connectivity index (χ0v) is 14.0. The maximum Gasteiger partial charge on any atom is 0.254 e. The Morgan fingerprint density at radius 3 is 2.81 bits per heavy atom. The van der Waals surface area contributed by atoms with Gasteiger partial charge < -0.3 is 10.2 Å². The highest BCUT2D eigenvalue weighted by atomic mass is 79.9. The quantitative estimate of drug-likeness (QED) is 0.876. The molecule has 1 atom stereocenters. The Morgan fingerprint density at radius 1 is 1.38 bits per heavy atom. The van der Waals surface area contributed by atoms with Crippen LogP contribution in [0.2, 0.25) is 0 Å². The number of carbonyl (C=O) groups excluding carboxylic acids is 1. The van der Waals surface area contributed by atoms with Crippen molar-refractivity contribution >= 4 is 21.8 Å². The van der Waals surface area contributed by atoms with Gasteiger partial charge in [0.2, 0.25) is 0 Å². The van der Waals surface area contributed by atoms with Gasteiger partial charge in [-0.3, -0.25) is 4.79 Å². The summed E-state index contributed by atoms with van der Waals surface area (Å²) in [4.78, 5) is 14.5. The Labute approximate surface area is 134 Å². The number of hydrogen-bond acceptors (Lipinski definition) is 2. The fourth-order valence-electron chi connectivity index (χ4n) is 2.69. The van der Waals surface area contributed by atoms with Crippen molar-refractivity contribution in [2.75, 3.05) is 26.2 Å². The first-order valence-corrected chi connectivity index (χ1v) is 8.32. The summed E-state index contributed by atoms with van der Waals surface area (Å²) in [6, 6.07) is 4.76. The molecule has 1 aliphatic rings. The third-order valence-electron chi connectivity index (χ3n) is 3.83. The number of halogens is 2. The molecular formula is C16H22BrFN2O. The Balaban J connectivity index is 1.81. The molecule has 1 unspecified atom stereocenters. The Bertz CT molecular complexity index is 489. The molecule has 1 fully saturated rings. The summed E-state index contributed by atoms with van der Waals surface area (Å²) < 4.78 is 14.1. The smallest absolute Gasteiger partial charge is 0.254 e. The van der Waals surface area contributed by atoms with Gasteiger partial charge in [-0.2, -0.15) is 0 Å². The van der Waals surface area contributed by atoms with E-state index in [0.717, 1.165) is 19.6 Å². The zero-order chi connectivity index (χ0) is 15.2. The van der Waals surface area contributed by atoms with Gasteiger partial charge in [0.1, 0.15) is 5.82 Å². The van der Waals surface area contributed by atoms with E-state index in [1.807, 2.05) is 0 Å². The maximum atomic E-state index is 13.8. The van der Waals surface area contributed by atoms with Crippen LogP contribution in [-0.4, -0.2) is 37.0 Å². The Morgan fingerprint density at radius 2 is 2.10 bits per heavy atom. The molecule has 0 radical (unpaired) electrons. The maximum absolute atomic E-state index is 13.8. The molecule has 2 rings (SSSR count). The number of hydrogen-bond donors (Lipinski definition) is 1. The van der Waals surface area contributed by atoms with E-state index in [0.29, 0.717) is 16.9 Å². The molecule has 1 aromatic carbocycles. The Kier molecular flexibility index (Phi) is 6.18. The SMILES string of the molecule is CC(CNC(=O)c1cccc(Br)c1F)CN1CCCCC1. The van der Waals surface area contributed by atoms with Crippen LogP contribution in [0.5, 0.6) is 0 Å². The van der Waals surface area contributed by atoms with Gasteiger partial charge >= 0.3 is 0 Å². The van der Waals surface area contributed by atoms with Gasteiger partial charge in [-0.15, -0.1) is 0 Å². The van der Waals surface area contributed by atoms with E-state index in [2.05, 4.69) is 33.1 Å². The summed E-state index contributed by atoms with van der Waals surface area (Å²) in [6.07, 6.45) is 3.86. The van der Waals surface area contributed by atoms with Crippen molar-refractivity contribution in [3.63, 3.8) is 0 Å². The average Bonchev–Trinajstić information content (AvgIpc) is 2.48. The molecule has 3 nitrogen and oxygen atoms in total. The monoisotopic (exact) mass is 356 g/mol. The number of carbonyl (C=O) groups is 1. The summed E-state index contributed by atoms with van der Waals surface area (Å²) in [7, 11) is 0. The molecule has 0 aliphatic carbocycles. The van der Waals surface area contributed by atoms with Gasteiger partial charge in [-0.25, -0.2) is 4.39 Å². The van der Waals surface area contributed by atoms with Crippen molar-refractivity contribution < 1.29 is 9.18 Å². The largest absolute Gasteiger partial charge is 0.352 e. The van der Waals surface area contributed by atoms with Gasteiger partial charge in [-0.1, -0.05) is 19.4 Å². The minimum Gasteiger partial charge on any atom is -0.352 e. The lowest BCUT2D eigenvalue weighted by atomic mass is 10.1. The van der Waals surface area contributed by atoms with Crippen molar-refractivity contribution in [1.29, 1.82) is 0 Å². The number of piperidine rings is 1. The molecule has 1 heterocycles. The van der Waals surface area contributed by atoms with E-state index in [9.17, 15) is 9.18 Å². The van der Waals surface area contributed by atoms with E-state index >= 15 is 0 Å². The molecule has 1 saturated heterocycles. The molecule has 0 aromatic heterocycles. The van der Waals surface area contributed by atoms with Gasteiger partial charge in [0, 0.05) is 13.1 Å². The third-order valence-corrected chi connectivity index (χ3v) is 4.44. The van der Waals surface area contributed by atoms with E-state index in [4.69, 9.17) is 0 Å². The van der Waals surface area contributed by atoms with E-state index < -0.39 is 5.82 Å². The highest BCUT2D eigenvalue weighted by Crippen LogP contribution is 2.18. The normalized spacial score (nSPS) is 17.5. The molecule has 5 heteroatoms. The van der Waals surface area contributed by atoms with Crippen LogP contribution in [0.3, 0.4) is 0 Å². The topological polar surface area (TPSA) is 32.3 Å². The lowest BCUT2D eigenvalue weighted by Crippen LogP contribution is -2.38. The first-order valence-electron chi connectivity index (χ1n) is 7.52. The molecule has 1 aliphatic heterocycles. The predicted octanol–water partition coefficient (Wildman–Crippen LogP) is 3.44. The fraction of sp³-hybridized carbons (Fsp3) is 0.562. The molecule has 1 aromatic rings. The number of likely N-dealkylation sites (tertiary alicyclic amines) is 1. The van der Waals surface area contributed by atoms with Crippen molar-refractivity contribution in [2.45, 2.75) is 26.2 Å². The van der Waals surface area contributed by atoms with Crippen LogP contribution in [0.25, 0.3) is 0 Å².